The average Bonchev–Trinajstić information content (AvgIpc) is 2.56. The predicted molar refractivity (Wildman–Crippen MR) is 92.0 cm³/mol. The molecule has 1 N–H and O–H groups in total. The Morgan fingerprint density at radius 1 is 0.955 bits per heavy atom. The Labute approximate surface area is 134 Å². The number of hydrogen-bond donors (Lipinski definition) is 1. The number of para-hydroxylation sites is 1. The smallest absolute Gasteiger partial charge is 0.120 e. The number of halogens is 1. The molecule has 110 valence electrons. The second-order valence-electron chi connectivity index (χ2n) is 5.58. The van der Waals surface area contributed by atoms with Crippen LogP contribution in [0.2, 0.25) is 5.02 Å². The molecular weight excluding hydrogens is 294 g/mol. The first kappa shape index (κ1) is 13.5. The third-order valence-corrected chi connectivity index (χ3v) is 4.39. The highest BCUT2D eigenvalue weighted by atomic mass is 35.5. The number of rotatable bonds is 2. The van der Waals surface area contributed by atoms with Crippen LogP contribution in [0.3, 0.4) is 0 Å². The number of anilines is 1. The Kier molecular flexibility index (Phi) is 3.39. The molecule has 1 unspecified atom stereocenters. The molecule has 0 saturated heterocycles. The molecule has 1 aliphatic heterocycles. The minimum Gasteiger partial charge on any atom is -0.488 e. The van der Waals surface area contributed by atoms with Crippen molar-refractivity contribution in [2.24, 2.45) is 0 Å². The summed E-state index contributed by atoms with van der Waals surface area (Å²) >= 11 is 6.43. The van der Waals surface area contributed by atoms with Crippen LogP contribution in [0.4, 0.5) is 5.69 Å². The summed E-state index contributed by atoms with van der Waals surface area (Å²) in [6.45, 7) is 0.799. The van der Waals surface area contributed by atoms with Gasteiger partial charge >= 0.3 is 0 Å². The van der Waals surface area contributed by atoms with Gasteiger partial charge in [0.1, 0.15) is 11.9 Å². The molecule has 0 fully saturated rings. The number of ether oxygens (including phenoxy) is 1. The largest absolute Gasteiger partial charge is 0.488 e. The van der Waals surface area contributed by atoms with Crippen LogP contribution in [0.15, 0.2) is 60.7 Å². The van der Waals surface area contributed by atoms with Crippen molar-refractivity contribution in [2.75, 3.05) is 11.9 Å². The van der Waals surface area contributed by atoms with E-state index in [1.54, 1.807) is 0 Å². The number of hydrogen-bond acceptors (Lipinski definition) is 2. The van der Waals surface area contributed by atoms with Gasteiger partial charge in [0.05, 0.1) is 6.54 Å². The van der Waals surface area contributed by atoms with E-state index in [0.29, 0.717) is 0 Å². The summed E-state index contributed by atoms with van der Waals surface area (Å²) in [6.07, 6.45) is 0.981. The van der Waals surface area contributed by atoms with Crippen LogP contribution < -0.4 is 10.1 Å². The zero-order valence-electron chi connectivity index (χ0n) is 12.1. The van der Waals surface area contributed by atoms with E-state index in [2.05, 4.69) is 23.5 Å². The van der Waals surface area contributed by atoms with Crippen molar-refractivity contribution < 1.29 is 4.74 Å². The highest BCUT2D eigenvalue weighted by molar-refractivity contribution is 6.36. The Morgan fingerprint density at radius 2 is 1.68 bits per heavy atom. The highest BCUT2D eigenvalue weighted by Crippen LogP contribution is 2.36. The van der Waals surface area contributed by atoms with E-state index in [1.807, 2.05) is 42.5 Å². The Bertz CT molecular complexity index is 816. The predicted octanol–water partition coefficient (Wildman–Crippen LogP) is 4.91. The molecule has 3 aromatic carbocycles. The molecule has 3 aromatic rings. The molecule has 0 saturated carbocycles. The van der Waals surface area contributed by atoms with Gasteiger partial charge in [0.25, 0.3) is 0 Å². The molecule has 0 aliphatic carbocycles. The summed E-state index contributed by atoms with van der Waals surface area (Å²) in [6, 6.07) is 20.3. The topological polar surface area (TPSA) is 21.3 Å². The lowest BCUT2D eigenvalue weighted by atomic mass is 9.96. The van der Waals surface area contributed by atoms with Crippen LogP contribution in [0.25, 0.3) is 10.8 Å². The first-order valence-electron chi connectivity index (χ1n) is 7.47. The molecular formula is C19H16ClNO. The highest BCUT2D eigenvalue weighted by Gasteiger charge is 2.22. The van der Waals surface area contributed by atoms with Crippen molar-refractivity contribution >= 4 is 28.1 Å². The zero-order chi connectivity index (χ0) is 14.9. The van der Waals surface area contributed by atoms with Gasteiger partial charge in [0.15, 0.2) is 0 Å². The van der Waals surface area contributed by atoms with Crippen molar-refractivity contribution in [3.05, 3.63) is 71.2 Å². The summed E-state index contributed by atoms with van der Waals surface area (Å²) < 4.78 is 6.06. The summed E-state index contributed by atoms with van der Waals surface area (Å²) in [5.74, 6) is 0.907. The molecule has 0 spiro atoms. The minimum absolute atomic E-state index is 0.118. The van der Waals surface area contributed by atoms with Gasteiger partial charge in [-0.05, 0) is 23.8 Å². The zero-order valence-corrected chi connectivity index (χ0v) is 12.8. The third-order valence-electron chi connectivity index (χ3n) is 4.08. The molecule has 22 heavy (non-hydrogen) atoms. The van der Waals surface area contributed by atoms with Crippen molar-refractivity contribution in [3.63, 3.8) is 0 Å². The van der Waals surface area contributed by atoms with E-state index in [0.717, 1.165) is 29.1 Å². The summed E-state index contributed by atoms with van der Waals surface area (Å²) in [4.78, 5) is 0. The van der Waals surface area contributed by atoms with Crippen LogP contribution in [-0.4, -0.2) is 12.6 Å². The monoisotopic (exact) mass is 309 g/mol. The van der Waals surface area contributed by atoms with Crippen LogP contribution >= 0.6 is 11.6 Å². The summed E-state index contributed by atoms with van der Waals surface area (Å²) in [5.41, 5.74) is 2.41. The first-order valence-corrected chi connectivity index (χ1v) is 7.85. The van der Waals surface area contributed by atoms with Gasteiger partial charge in [-0.1, -0.05) is 54.1 Å². The van der Waals surface area contributed by atoms with Gasteiger partial charge in [-0.15, -0.1) is 0 Å². The van der Waals surface area contributed by atoms with E-state index in [9.17, 15) is 0 Å². The molecule has 2 nitrogen and oxygen atoms in total. The fourth-order valence-corrected chi connectivity index (χ4v) is 3.36. The van der Waals surface area contributed by atoms with Crippen molar-refractivity contribution in [2.45, 2.75) is 12.5 Å². The van der Waals surface area contributed by atoms with Gasteiger partial charge in [0, 0.05) is 27.9 Å². The Morgan fingerprint density at radius 3 is 2.50 bits per heavy atom. The lowest BCUT2D eigenvalue weighted by Gasteiger charge is -2.28. The molecule has 3 heteroatoms. The van der Waals surface area contributed by atoms with E-state index >= 15 is 0 Å². The number of benzene rings is 3. The molecule has 0 bridgehead atoms. The standard InChI is InChI=1S/C19H16ClNO/c20-18-11-13-10-15(22-14-6-2-1-3-7-14)12-21-19(13)17-9-5-4-8-16(17)18/h1-9,11,15,21H,10,12H2. The molecule has 1 atom stereocenters. The van der Waals surface area contributed by atoms with Gasteiger partial charge in [0.2, 0.25) is 0 Å². The molecule has 1 aliphatic rings. The fourth-order valence-electron chi connectivity index (χ4n) is 3.06. The Hall–Kier alpha value is -2.19. The molecule has 4 rings (SSSR count). The SMILES string of the molecule is Clc1cc2c(c3ccccc13)NCC(Oc1ccccc1)C2. The van der Waals surface area contributed by atoms with Crippen molar-refractivity contribution in [3.8, 4) is 5.75 Å². The maximum atomic E-state index is 6.43. The number of nitrogens with one attached hydrogen (secondary N) is 1. The van der Waals surface area contributed by atoms with Crippen molar-refractivity contribution in [1.29, 1.82) is 0 Å². The molecule has 0 amide bonds. The minimum atomic E-state index is 0.118. The molecule has 0 aromatic heterocycles. The van der Waals surface area contributed by atoms with Crippen LogP contribution in [0.5, 0.6) is 5.75 Å². The summed E-state index contributed by atoms with van der Waals surface area (Å²) in [5, 5.41) is 6.60. The van der Waals surface area contributed by atoms with E-state index in [-0.39, 0.29) is 6.10 Å². The quantitative estimate of drug-likeness (QED) is 0.726. The van der Waals surface area contributed by atoms with Gasteiger partial charge in [-0.25, -0.2) is 0 Å². The lowest BCUT2D eigenvalue weighted by Crippen LogP contribution is -2.33. The van der Waals surface area contributed by atoms with Crippen LogP contribution in [-0.2, 0) is 6.42 Å². The lowest BCUT2D eigenvalue weighted by molar-refractivity contribution is 0.211. The Balaban J connectivity index is 1.66. The number of fused-ring (bicyclic) bond motifs is 3. The van der Waals surface area contributed by atoms with Crippen LogP contribution in [0.1, 0.15) is 5.56 Å². The second-order valence-corrected chi connectivity index (χ2v) is 5.98. The van der Waals surface area contributed by atoms with E-state index < -0.39 is 0 Å². The fraction of sp³-hybridized carbons (Fsp3) is 0.158. The van der Waals surface area contributed by atoms with Crippen molar-refractivity contribution in [1.82, 2.24) is 0 Å². The van der Waals surface area contributed by atoms with Gasteiger partial charge in [-0.3, -0.25) is 0 Å². The molecule has 1 heterocycles. The first-order chi connectivity index (χ1) is 10.8. The normalized spacial score (nSPS) is 16.9. The third kappa shape index (κ3) is 2.40. The second kappa shape index (κ2) is 5.54. The summed E-state index contributed by atoms with van der Waals surface area (Å²) in [7, 11) is 0. The van der Waals surface area contributed by atoms with Crippen LogP contribution in [0, 0.1) is 0 Å². The van der Waals surface area contributed by atoms with Gasteiger partial charge < -0.3 is 10.1 Å². The van der Waals surface area contributed by atoms with Gasteiger partial charge in [-0.2, -0.15) is 0 Å². The average molecular weight is 310 g/mol. The van der Waals surface area contributed by atoms with E-state index in [1.165, 1.54) is 16.6 Å². The maximum absolute atomic E-state index is 6.43. The van der Waals surface area contributed by atoms with E-state index in [4.69, 9.17) is 16.3 Å². The molecule has 0 radical (unpaired) electrons. The maximum Gasteiger partial charge on any atom is 0.120 e.